The van der Waals surface area contributed by atoms with E-state index in [0.29, 0.717) is 5.54 Å². The third-order valence-corrected chi connectivity index (χ3v) is 4.22. The molecule has 0 unspecified atom stereocenters. The molecule has 2 rings (SSSR count). The maximum Gasteiger partial charge on any atom is 0.0534 e. The van der Waals surface area contributed by atoms with Crippen molar-refractivity contribution in [1.29, 1.82) is 0 Å². The summed E-state index contributed by atoms with van der Waals surface area (Å²) in [6.07, 6.45) is 6.58. The summed E-state index contributed by atoms with van der Waals surface area (Å²) in [4.78, 5) is 2.56. The summed E-state index contributed by atoms with van der Waals surface area (Å²) in [6.45, 7) is 12.1. The topological polar surface area (TPSA) is 33.1 Å². The van der Waals surface area contributed by atoms with E-state index in [2.05, 4.69) is 42.3 Å². The molecule has 0 aromatic carbocycles. The zero-order valence-corrected chi connectivity index (χ0v) is 11.9. The number of hydrogen-bond acceptors (Lipinski definition) is 3. The third-order valence-electron chi connectivity index (χ3n) is 4.22. The summed E-state index contributed by atoms with van der Waals surface area (Å²) < 4.78 is 2.00. The molecule has 0 bridgehead atoms. The molecule has 0 saturated carbocycles. The minimum atomic E-state index is 0.318. The molecule has 1 aromatic rings. The Morgan fingerprint density at radius 3 is 2.72 bits per heavy atom. The van der Waals surface area contributed by atoms with Crippen molar-refractivity contribution in [2.24, 2.45) is 0 Å². The second kappa shape index (κ2) is 5.85. The molecule has 1 N–H and O–H groups in total. The standard InChI is InChI=1S/C14H26N4/c1-4-14(5-2)12-17(8-7-15-14)10-13-9-16-18(6-3)11-13/h9,11,15H,4-8,10,12H2,1-3H3. The molecule has 4 heteroatoms. The number of aromatic nitrogens is 2. The first-order valence-electron chi connectivity index (χ1n) is 7.20. The van der Waals surface area contributed by atoms with Gasteiger partial charge in [0.15, 0.2) is 0 Å². The summed E-state index contributed by atoms with van der Waals surface area (Å²) in [5.41, 5.74) is 1.65. The number of nitrogens with zero attached hydrogens (tertiary/aromatic N) is 3. The maximum atomic E-state index is 4.35. The van der Waals surface area contributed by atoms with E-state index in [4.69, 9.17) is 0 Å². The first-order valence-corrected chi connectivity index (χ1v) is 7.20. The normalized spacial score (nSPS) is 20.2. The van der Waals surface area contributed by atoms with E-state index in [1.54, 1.807) is 0 Å². The third kappa shape index (κ3) is 2.93. The summed E-state index contributed by atoms with van der Waals surface area (Å²) in [6, 6.07) is 0. The van der Waals surface area contributed by atoms with Crippen molar-refractivity contribution in [1.82, 2.24) is 20.0 Å². The Balaban J connectivity index is 1.97. The van der Waals surface area contributed by atoms with Crippen LogP contribution in [0.1, 0.15) is 39.2 Å². The van der Waals surface area contributed by atoms with E-state index in [9.17, 15) is 0 Å². The molecule has 102 valence electrons. The van der Waals surface area contributed by atoms with Crippen LogP contribution in [0.25, 0.3) is 0 Å². The molecule has 1 aliphatic heterocycles. The monoisotopic (exact) mass is 250 g/mol. The van der Waals surface area contributed by atoms with Crippen molar-refractivity contribution in [2.75, 3.05) is 19.6 Å². The van der Waals surface area contributed by atoms with E-state index in [1.807, 2.05) is 10.9 Å². The molecule has 0 aliphatic carbocycles. The smallest absolute Gasteiger partial charge is 0.0534 e. The highest BCUT2D eigenvalue weighted by Crippen LogP contribution is 2.21. The van der Waals surface area contributed by atoms with Gasteiger partial charge in [-0.05, 0) is 19.8 Å². The van der Waals surface area contributed by atoms with Crippen LogP contribution in [-0.2, 0) is 13.1 Å². The predicted octanol–water partition coefficient (Wildman–Crippen LogP) is 1.87. The van der Waals surface area contributed by atoms with Crippen LogP contribution in [0, 0.1) is 0 Å². The Morgan fingerprint density at radius 2 is 2.11 bits per heavy atom. The lowest BCUT2D eigenvalue weighted by molar-refractivity contribution is 0.118. The van der Waals surface area contributed by atoms with Gasteiger partial charge in [-0.3, -0.25) is 9.58 Å². The lowest BCUT2D eigenvalue weighted by atomic mass is 9.90. The van der Waals surface area contributed by atoms with Crippen LogP contribution in [0.15, 0.2) is 12.4 Å². The van der Waals surface area contributed by atoms with E-state index in [0.717, 1.165) is 32.7 Å². The Labute approximate surface area is 110 Å². The van der Waals surface area contributed by atoms with Crippen LogP contribution >= 0.6 is 0 Å². The lowest BCUT2D eigenvalue weighted by Gasteiger charge is -2.43. The van der Waals surface area contributed by atoms with Gasteiger partial charge in [-0.1, -0.05) is 13.8 Å². The summed E-state index contributed by atoms with van der Waals surface area (Å²) in [7, 11) is 0. The molecule has 1 fully saturated rings. The van der Waals surface area contributed by atoms with Gasteiger partial charge in [0.2, 0.25) is 0 Å². The molecule has 0 atom stereocenters. The van der Waals surface area contributed by atoms with Gasteiger partial charge in [0.1, 0.15) is 0 Å². The molecular weight excluding hydrogens is 224 g/mol. The van der Waals surface area contributed by atoms with Crippen molar-refractivity contribution in [3.05, 3.63) is 18.0 Å². The first kappa shape index (κ1) is 13.6. The highest BCUT2D eigenvalue weighted by molar-refractivity contribution is 5.05. The molecule has 2 heterocycles. The van der Waals surface area contributed by atoms with Crippen molar-refractivity contribution < 1.29 is 0 Å². The molecule has 1 aliphatic rings. The highest BCUT2D eigenvalue weighted by atomic mass is 15.3. The number of hydrogen-bond donors (Lipinski definition) is 1. The molecule has 4 nitrogen and oxygen atoms in total. The zero-order valence-electron chi connectivity index (χ0n) is 11.9. The van der Waals surface area contributed by atoms with Gasteiger partial charge in [0, 0.05) is 50.0 Å². The fraction of sp³-hybridized carbons (Fsp3) is 0.786. The quantitative estimate of drug-likeness (QED) is 0.866. The fourth-order valence-corrected chi connectivity index (χ4v) is 2.82. The van der Waals surface area contributed by atoms with Gasteiger partial charge < -0.3 is 5.32 Å². The van der Waals surface area contributed by atoms with Gasteiger partial charge in [-0.15, -0.1) is 0 Å². The minimum Gasteiger partial charge on any atom is -0.309 e. The van der Waals surface area contributed by atoms with Crippen LogP contribution in [-0.4, -0.2) is 39.9 Å². The van der Waals surface area contributed by atoms with Gasteiger partial charge in [-0.25, -0.2) is 0 Å². The lowest BCUT2D eigenvalue weighted by Crippen LogP contribution is -2.59. The van der Waals surface area contributed by atoms with Crippen LogP contribution in [0.2, 0.25) is 0 Å². The second-order valence-electron chi connectivity index (χ2n) is 5.33. The van der Waals surface area contributed by atoms with Gasteiger partial charge in [0.05, 0.1) is 6.20 Å². The van der Waals surface area contributed by atoms with Crippen LogP contribution in [0.3, 0.4) is 0 Å². The highest BCUT2D eigenvalue weighted by Gasteiger charge is 2.31. The largest absolute Gasteiger partial charge is 0.309 e. The number of piperazine rings is 1. The van der Waals surface area contributed by atoms with E-state index in [1.165, 1.54) is 18.4 Å². The Kier molecular flexibility index (Phi) is 4.40. The van der Waals surface area contributed by atoms with E-state index >= 15 is 0 Å². The van der Waals surface area contributed by atoms with Crippen molar-refractivity contribution >= 4 is 0 Å². The van der Waals surface area contributed by atoms with Crippen molar-refractivity contribution in [3.63, 3.8) is 0 Å². The van der Waals surface area contributed by atoms with Crippen LogP contribution in [0.4, 0.5) is 0 Å². The summed E-state index contributed by atoms with van der Waals surface area (Å²) in [5, 5.41) is 8.05. The number of rotatable bonds is 5. The average molecular weight is 250 g/mol. The Bertz CT molecular complexity index is 368. The molecule has 0 amide bonds. The SMILES string of the molecule is CCn1cc(CN2CCNC(CC)(CC)C2)cn1. The Morgan fingerprint density at radius 1 is 1.33 bits per heavy atom. The molecule has 18 heavy (non-hydrogen) atoms. The molecule has 0 spiro atoms. The van der Waals surface area contributed by atoms with E-state index in [-0.39, 0.29) is 0 Å². The van der Waals surface area contributed by atoms with Crippen LogP contribution in [0.5, 0.6) is 0 Å². The molecule has 1 aromatic heterocycles. The summed E-state index contributed by atoms with van der Waals surface area (Å²) in [5.74, 6) is 0. The van der Waals surface area contributed by atoms with Crippen molar-refractivity contribution in [3.8, 4) is 0 Å². The molecule has 0 radical (unpaired) electrons. The predicted molar refractivity (Wildman–Crippen MR) is 74.5 cm³/mol. The number of aryl methyl sites for hydroxylation is 1. The van der Waals surface area contributed by atoms with Gasteiger partial charge >= 0.3 is 0 Å². The fourth-order valence-electron chi connectivity index (χ4n) is 2.82. The zero-order chi connectivity index (χ0) is 13.0. The van der Waals surface area contributed by atoms with Crippen molar-refractivity contribution in [2.45, 2.75) is 52.2 Å². The Hall–Kier alpha value is -0.870. The van der Waals surface area contributed by atoms with Crippen LogP contribution < -0.4 is 5.32 Å². The number of nitrogens with one attached hydrogen (secondary N) is 1. The second-order valence-corrected chi connectivity index (χ2v) is 5.33. The average Bonchev–Trinajstić information content (AvgIpc) is 2.86. The van der Waals surface area contributed by atoms with E-state index < -0.39 is 0 Å². The molecular formula is C14H26N4. The van der Waals surface area contributed by atoms with Gasteiger partial charge in [-0.2, -0.15) is 5.10 Å². The maximum absolute atomic E-state index is 4.35. The minimum absolute atomic E-state index is 0.318. The summed E-state index contributed by atoms with van der Waals surface area (Å²) >= 11 is 0. The van der Waals surface area contributed by atoms with Gasteiger partial charge in [0.25, 0.3) is 0 Å². The molecule has 1 saturated heterocycles. The first-order chi connectivity index (χ1) is 8.71.